The smallest absolute Gasteiger partial charge is 0.475 e. The Bertz CT molecular complexity index is 1160. The van der Waals surface area contributed by atoms with E-state index >= 15 is 0 Å². The Morgan fingerprint density at radius 3 is 1.89 bits per heavy atom. The second-order valence-electron chi connectivity index (χ2n) is 9.31. The minimum atomic E-state index is -5.08. The van der Waals surface area contributed by atoms with Crippen LogP contribution in [0.25, 0.3) is 0 Å². The molecule has 0 aliphatic carbocycles. The quantitative estimate of drug-likeness (QED) is 0.337. The first-order valence-corrected chi connectivity index (χ1v) is 12.5. The SMILES string of the molecule is O=C(O)C(F)(F)F.O=C(O)C(F)(F)F.O=C(O)C(F)(F)F.c1ccc(N[C@@H]2CCO[C@]3(CCN(Cc4cccnc4)C3)C2)nc1. The molecule has 0 amide bonds. The number of rotatable bonds is 4. The van der Waals surface area contributed by atoms with Gasteiger partial charge in [0.2, 0.25) is 0 Å². The topological polar surface area (TPSA) is 162 Å². The summed E-state index contributed by atoms with van der Waals surface area (Å²) in [4.78, 5) is 37.8. The summed E-state index contributed by atoms with van der Waals surface area (Å²) in [6.07, 6.45) is -6.43. The lowest BCUT2D eigenvalue weighted by atomic mass is 9.89. The fraction of sp³-hybridized carbons (Fsp3) is 0.480. The molecule has 2 atom stereocenters. The highest BCUT2D eigenvalue weighted by Gasteiger charge is 2.43. The standard InChI is InChI=1S/C19H24N4O.3C2HF3O2/c1-2-9-21-18(5-1)22-17-6-11-24-19(12-17)7-10-23(15-19)14-16-4-3-8-20-13-16;3*3-2(4,5)1(6)7/h1-5,8-9,13,17H,6-7,10-12,14-15H2,(H,21,22);3*(H,6,7)/t17-,19-;;;/m1.../s1. The average molecular weight is 666 g/mol. The molecular formula is C25H27F9N4O7. The van der Waals surface area contributed by atoms with Gasteiger partial charge in [0.1, 0.15) is 5.82 Å². The number of aromatic nitrogens is 2. The van der Waals surface area contributed by atoms with E-state index in [2.05, 4.69) is 26.3 Å². The van der Waals surface area contributed by atoms with Crippen LogP contribution in [-0.2, 0) is 25.7 Å². The van der Waals surface area contributed by atoms with Gasteiger partial charge in [-0.05, 0) is 43.0 Å². The van der Waals surface area contributed by atoms with Gasteiger partial charge in [0.05, 0.1) is 5.60 Å². The predicted molar refractivity (Wildman–Crippen MR) is 135 cm³/mol. The van der Waals surface area contributed by atoms with Gasteiger partial charge in [-0.15, -0.1) is 0 Å². The maximum absolute atomic E-state index is 10.6. The van der Waals surface area contributed by atoms with Gasteiger partial charge >= 0.3 is 36.4 Å². The van der Waals surface area contributed by atoms with Gasteiger partial charge in [-0.1, -0.05) is 12.1 Å². The molecule has 45 heavy (non-hydrogen) atoms. The molecule has 4 heterocycles. The molecule has 2 aromatic heterocycles. The number of ether oxygens (including phenoxy) is 1. The number of alkyl halides is 9. The lowest BCUT2D eigenvalue weighted by molar-refractivity contribution is -0.193. The summed E-state index contributed by atoms with van der Waals surface area (Å²) in [5, 5.41) is 25.0. The van der Waals surface area contributed by atoms with Crippen molar-refractivity contribution in [3.8, 4) is 0 Å². The number of nitrogens with one attached hydrogen (secondary N) is 1. The molecule has 0 radical (unpaired) electrons. The normalized spacial score (nSPS) is 19.9. The van der Waals surface area contributed by atoms with Crippen molar-refractivity contribution in [2.75, 3.05) is 25.0 Å². The van der Waals surface area contributed by atoms with E-state index in [0.717, 1.165) is 51.3 Å². The summed E-state index contributed by atoms with van der Waals surface area (Å²) in [5.74, 6) is -7.31. The van der Waals surface area contributed by atoms with Gasteiger partial charge in [0.25, 0.3) is 0 Å². The molecule has 0 aromatic carbocycles. The lowest BCUT2D eigenvalue weighted by Crippen LogP contribution is -2.46. The van der Waals surface area contributed by atoms with Crippen LogP contribution < -0.4 is 5.32 Å². The fourth-order valence-electron chi connectivity index (χ4n) is 3.90. The van der Waals surface area contributed by atoms with Crippen molar-refractivity contribution >= 4 is 23.7 Å². The molecule has 11 nitrogen and oxygen atoms in total. The first kappa shape index (κ1) is 38.8. The number of carboxylic acid groups (broad SMARTS) is 3. The number of hydrogen-bond acceptors (Lipinski definition) is 8. The number of hydrogen-bond donors (Lipinski definition) is 4. The molecule has 0 bridgehead atoms. The van der Waals surface area contributed by atoms with Gasteiger partial charge in [0, 0.05) is 50.9 Å². The van der Waals surface area contributed by atoms with Gasteiger partial charge < -0.3 is 25.4 Å². The van der Waals surface area contributed by atoms with E-state index in [0.29, 0.717) is 6.04 Å². The van der Waals surface area contributed by atoms with Crippen LogP contribution in [0, 0.1) is 0 Å². The Balaban J connectivity index is 0.000000396. The van der Waals surface area contributed by atoms with Crippen molar-refractivity contribution in [3.63, 3.8) is 0 Å². The summed E-state index contributed by atoms with van der Waals surface area (Å²) < 4.78 is 101. The largest absolute Gasteiger partial charge is 0.490 e. The van der Waals surface area contributed by atoms with Crippen LogP contribution >= 0.6 is 0 Å². The van der Waals surface area contributed by atoms with Crippen molar-refractivity contribution < 1.29 is 74.0 Å². The van der Waals surface area contributed by atoms with Crippen molar-refractivity contribution in [3.05, 3.63) is 54.5 Å². The van der Waals surface area contributed by atoms with Crippen LogP contribution in [0.3, 0.4) is 0 Å². The molecule has 252 valence electrons. The molecule has 2 saturated heterocycles. The Morgan fingerprint density at radius 1 is 0.889 bits per heavy atom. The zero-order valence-electron chi connectivity index (χ0n) is 22.9. The van der Waals surface area contributed by atoms with E-state index < -0.39 is 36.4 Å². The predicted octanol–water partition coefficient (Wildman–Crippen LogP) is 4.61. The Hall–Kier alpha value is -4.20. The molecule has 4 rings (SSSR count). The highest BCUT2D eigenvalue weighted by atomic mass is 19.4. The number of halogens is 9. The molecule has 4 N–H and O–H groups in total. The highest BCUT2D eigenvalue weighted by molar-refractivity contribution is 5.73. The molecule has 20 heteroatoms. The summed E-state index contributed by atoms with van der Waals surface area (Å²) in [5.41, 5.74) is 1.26. The zero-order valence-corrected chi connectivity index (χ0v) is 22.9. The van der Waals surface area contributed by atoms with Gasteiger partial charge in [-0.25, -0.2) is 19.4 Å². The van der Waals surface area contributed by atoms with Crippen LogP contribution in [0.15, 0.2) is 48.9 Å². The number of pyridine rings is 2. The summed E-state index contributed by atoms with van der Waals surface area (Å²) in [7, 11) is 0. The van der Waals surface area contributed by atoms with Crippen molar-refractivity contribution in [2.24, 2.45) is 0 Å². The maximum atomic E-state index is 10.6. The van der Waals surface area contributed by atoms with Crippen LogP contribution in [0.4, 0.5) is 45.3 Å². The van der Waals surface area contributed by atoms with E-state index in [-0.39, 0.29) is 5.60 Å². The monoisotopic (exact) mass is 666 g/mol. The Kier molecular flexibility index (Phi) is 14.5. The van der Waals surface area contributed by atoms with E-state index in [1.807, 2.05) is 42.9 Å². The number of likely N-dealkylation sites (tertiary alicyclic amines) is 1. The third-order valence-electron chi connectivity index (χ3n) is 5.76. The molecule has 2 aromatic rings. The number of carbonyl (C=O) groups is 3. The molecule has 1 spiro atoms. The van der Waals surface area contributed by atoms with Crippen LogP contribution in [0.1, 0.15) is 24.8 Å². The van der Waals surface area contributed by atoms with Crippen molar-refractivity contribution in [2.45, 2.75) is 56.0 Å². The second-order valence-corrected chi connectivity index (χ2v) is 9.31. The van der Waals surface area contributed by atoms with E-state index in [1.54, 1.807) is 0 Å². The minimum Gasteiger partial charge on any atom is -0.475 e. The molecule has 0 saturated carbocycles. The fourth-order valence-corrected chi connectivity index (χ4v) is 3.90. The van der Waals surface area contributed by atoms with E-state index in [1.165, 1.54) is 5.56 Å². The summed E-state index contributed by atoms with van der Waals surface area (Å²) in [6.45, 7) is 3.87. The van der Waals surface area contributed by atoms with E-state index in [9.17, 15) is 39.5 Å². The van der Waals surface area contributed by atoms with Crippen molar-refractivity contribution in [1.29, 1.82) is 0 Å². The minimum absolute atomic E-state index is 0.00704. The molecule has 2 fully saturated rings. The van der Waals surface area contributed by atoms with Crippen molar-refractivity contribution in [1.82, 2.24) is 14.9 Å². The zero-order chi connectivity index (χ0) is 34.5. The number of carboxylic acids is 3. The second kappa shape index (κ2) is 16.8. The van der Waals surface area contributed by atoms with Gasteiger partial charge in [-0.2, -0.15) is 39.5 Å². The van der Waals surface area contributed by atoms with Gasteiger partial charge in [0.15, 0.2) is 0 Å². The average Bonchev–Trinajstić information content (AvgIpc) is 3.30. The van der Waals surface area contributed by atoms with Crippen LogP contribution in [0.2, 0.25) is 0 Å². The summed E-state index contributed by atoms with van der Waals surface area (Å²) >= 11 is 0. The third kappa shape index (κ3) is 15.4. The molecule has 2 aliphatic heterocycles. The highest BCUT2D eigenvalue weighted by Crippen LogP contribution is 2.35. The first-order chi connectivity index (χ1) is 20.6. The van der Waals surface area contributed by atoms with E-state index in [4.69, 9.17) is 34.4 Å². The van der Waals surface area contributed by atoms with Gasteiger partial charge in [-0.3, -0.25) is 9.88 Å². The molecule has 2 aliphatic rings. The van der Waals surface area contributed by atoms with Crippen LogP contribution in [-0.4, -0.2) is 98.0 Å². The molecular weight excluding hydrogens is 639 g/mol. The Labute approximate surface area is 248 Å². The molecule has 0 unspecified atom stereocenters. The first-order valence-electron chi connectivity index (χ1n) is 12.5. The summed E-state index contributed by atoms with van der Waals surface area (Å²) in [6, 6.07) is 10.6. The van der Waals surface area contributed by atoms with Crippen LogP contribution in [0.5, 0.6) is 0 Å². The lowest BCUT2D eigenvalue weighted by Gasteiger charge is -2.38. The maximum Gasteiger partial charge on any atom is 0.490 e. The Morgan fingerprint density at radius 2 is 1.44 bits per heavy atom. The number of aliphatic carboxylic acids is 3. The third-order valence-corrected chi connectivity index (χ3v) is 5.76. The number of nitrogens with zero attached hydrogens (tertiary/aromatic N) is 3. The number of anilines is 1.